The molecule has 0 saturated carbocycles. The lowest BCUT2D eigenvalue weighted by atomic mass is 10.3. The summed E-state index contributed by atoms with van der Waals surface area (Å²) in [5.74, 6) is -0.843. The largest absolute Gasteiger partial charge is 0.465 e. The van der Waals surface area contributed by atoms with Crippen molar-refractivity contribution in [3.8, 4) is 0 Å². The van der Waals surface area contributed by atoms with Crippen LogP contribution in [-0.2, 0) is 9.53 Å². The Morgan fingerprint density at radius 1 is 1.53 bits per heavy atom. The molecule has 0 spiro atoms. The molecule has 1 aromatic rings. The number of carbonyl (C=O) groups is 1. The standard InChI is InChI=1S/C13H17ClFNO2S/c1-3-5-18-13(17)11(4-2)19-12-7-10(16)9(15)6-8(12)14/h6-7,11H,3-5,16H2,1-2H3. The maximum Gasteiger partial charge on any atom is 0.319 e. The maximum atomic E-state index is 13.2. The summed E-state index contributed by atoms with van der Waals surface area (Å²) in [4.78, 5) is 12.4. The summed E-state index contributed by atoms with van der Waals surface area (Å²) >= 11 is 7.19. The second kappa shape index (κ2) is 7.60. The van der Waals surface area contributed by atoms with Crippen LogP contribution in [0, 0.1) is 5.82 Å². The van der Waals surface area contributed by atoms with Crippen LogP contribution in [0.25, 0.3) is 0 Å². The first kappa shape index (κ1) is 16.1. The summed E-state index contributed by atoms with van der Waals surface area (Å²) in [6.07, 6.45) is 1.37. The molecule has 1 aromatic carbocycles. The van der Waals surface area contributed by atoms with Gasteiger partial charge in [0.15, 0.2) is 0 Å². The molecule has 1 unspecified atom stereocenters. The molecule has 6 heteroatoms. The Balaban J connectivity index is 2.81. The molecular formula is C13H17ClFNO2S. The van der Waals surface area contributed by atoms with Gasteiger partial charge in [-0.05, 0) is 25.0 Å². The van der Waals surface area contributed by atoms with Gasteiger partial charge < -0.3 is 10.5 Å². The molecule has 3 nitrogen and oxygen atoms in total. The van der Waals surface area contributed by atoms with Gasteiger partial charge in [-0.15, -0.1) is 11.8 Å². The normalized spacial score (nSPS) is 12.2. The molecule has 0 saturated heterocycles. The Labute approximate surface area is 121 Å². The lowest BCUT2D eigenvalue weighted by Gasteiger charge is -2.15. The summed E-state index contributed by atoms with van der Waals surface area (Å²) in [6, 6.07) is 2.60. The zero-order valence-electron chi connectivity index (χ0n) is 10.9. The van der Waals surface area contributed by atoms with E-state index in [-0.39, 0.29) is 21.9 Å². The van der Waals surface area contributed by atoms with Gasteiger partial charge in [-0.3, -0.25) is 4.79 Å². The second-order valence-electron chi connectivity index (χ2n) is 3.99. The second-order valence-corrected chi connectivity index (χ2v) is 5.64. The number of hydrogen-bond donors (Lipinski definition) is 1. The van der Waals surface area contributed by atoms with E-state index < -0.39 is 5.82 Å². The van der Waals surface area contributed by atoms with Crippen molar-refractivity contribution in [3.05, 3.63) is 23.0 Å². The van der Waals surface area contributed by atoms with Gasteiger partial charge in [0.1, 0.15) is 11.1 Å². The molecule has 1 atom stereocenters. The fraction of sp³-hybridized carbons (Fsp3) is 0.462. The van der Waals surface area contributed by atoms with Crippen molar-refractivity contribution in [2.45, 2.75) is 36.8 Å². The highest BCUT2D eigenvalue weighted by atomic mass is 35.5. The smallest absolute Gasteiger partial charge is 0.319 e. The van der Waals surface area contributed by atoms with Crippen LogP contribution < -0.4 is 5.73 Å². The number of hydrogen-bond acceptors (Lipinski definition) is 4. The van der Waals surface area contributed by atoms with E-state index in [0.717, 1.165) is 12.5 Å². The molecule has 0 amide bonds. The SMILES string of the molecule is CCCOC(=O)C(CC)Sc1cc(N)c(F)cc1Cl. The summed E-state index contributed by atoms with van der Waals surface area (Å²) in [7, 11) is 0. The number of rotatable bonds is 6. The van der Waals surface area contributed by atoms with Crippen LogP contribution in [-0.4, -0.2) is 17.8 Å². The minimum atomic E-state index is -0.559. The third kappa shape index (κ3) is 4.58. The van der Waals surface area contributed by atoms with Crippen molar-refractivity contribution in [1.82, 2.24) is 0 Å². The molecule has 2 N–H and O–H groups in total. The minimum Gasteiger partial charge on any atom is -0.465 e. The average Bonchev–Trinajstić information content (AvgIpc) is 2.38. The molecule has 1 rings (SSSR count). The summed E-state index contributed by atoms with van der Waals surface area (Å²) in [5, 5.41) is -0.118. The summed E-state index contributed by atoms with van der Waals surface area (Å²) in [6.45, 7) is 4.21. The quantitative estimate of drug-likeness (QED) is 0.492. The zero-order valence-corrected chi connectivity index (χ0v) is 12.5. The number of thioether (sulfide) groups is 1. The highest BCUT2D eigenvalue weighted by Crippen LogP contribution is 2.34. The monoisotopic (exact) mass is 305 g/mol. The molecular weight excluding hydrogens is 289 g/mol. The molecule has 0 fully saturated rings. The van der Waals surface area contributed by atoms with E-state index in [1.807, 2.05) is 13.8 Å². The first-order valence-corrected chi connectivity index (χ1v) is 7.33. The Hall–Kier alpha value is -0.940. The first-order valence-electron chi connectivity index (χ1n) is 6.07. The topological polar surface area (TPSA) is 52.3 Å². The van der Waals surface area contributed by atoms with Crippen LogP contribution >= 0.6 is 23.4 Å². The molecule has 0 heterocycles. The molecule has 106 valence electrons. The molecule has 19 heavy (non-hydrogen) atoms. The van der Waals surface area contributed by atoms with Gasteiger partial charge in [0.2, 0.25) is 0 Å². The minimum absolute atomic E-state index is 0.0173. The van der Waals surface area contributed by atoms with E-state index >= 15 is 0 Å². The number of ether oxygens (including phenoxy) is 1. The van der Waals surface area contributed by atoms with Gasteiger partial charge in [0.25, 0.3) is 0 Å². The van der Waals surface area contributed by atoms with Crippen molar-refractivity contribution >= 4 is 35.0 Å². The van der Waals surface area contributed by atoms with E-state index in [0.29, 0.717) is 17.9 Å². The Kier molecular flexibility index (Phi) is 6.45. The predicted octanol–water partition coefficient (Wildman–Crippen LogP) is 3.89. The van der Waals surface area contributed by atoms with Crippen molar-refractivity contribution in [1.29, 1.82) is 0 Å². The van der Waals surface area contributed by atoms with Gasteiger partial charge in [-0.25, -0.2) is 4.39 Å². The molecule has 0 aliphatic carbocycles. The average molecular weight is 306 g/mol. The number of benzene rings is 1. The van der Waals surface area contributed by atoms with Crippen LogP contribution in [0.4, 0.5) is 10.1 Å². The highest BCUT2D eigenvalue weighted by molar-refractivity contribution is 8.00. The summed E-state index contributed by atoms with van der Waals surface area (Å²) < 4.78 is 18.3. The lowest BCUT2D eigenvalue weighted by molar-refractivity contribution is -0.143. The van der Waals surface area contributed by atoms with Crippen molar-refractivity contribution < 1.29 is 13.9 Å². The molecule has 0 bridgehead atoms. The van der Waals surface area contributed by atoms with Gasteiger partial charge in [0, 0.05) is 4.90 Å². The van der Waals surface area contributed by atoms with Crippen molar-refractivity contribution in [2.75, 3.05) is 12.3 Å². The number of esters is 1. The van der Waals surface area contributed by atoms with Gasteiger partial charge in [-0.2, -0.15) is 0 Å². The predicted molar refractivity (Wildman–Crippen MR) is 77.0 cm³/mol. The lowest BCUT2D eigenvalue weighted by Crippen LogP contribution is -2.19. The highest BCUT2D eigenvalue weighted by Gasteiger charge is 2.21. The molecule has 0 aliphatic heterocycles. The zero-order chi connectivity index (χ0) is 14.4. The van der Waals surface area contributed by atoms with Crippen LogP contribution in [0.1, 0.15) is 26.7 Å². The van der Waals surface area contributed by atoms with E-state index in [4.69, 9.17) is 22.1 Å². The number of halogens is 2. The van der Waals surface area contributed by atoms with Crippen LogP contribution in [0.15, 0.2) is 17.0 Å². The molecule has 0 aromatic heterocycles. The summed E-state index contributed by atoms with van der Waals surface area (Å²) in [5.41, 5.74) is 5.52. The fourth-order valence-corrected chi connectivity index (χ4v) is 2.67. The van der Waals surface area contributed by atoms with E-state index in [1.54, 1.807) is 0 Å². The van der Waals surface area contributed by atoms with E-state index in [1.165, 1.54) is 17.8 Å². The van der Waals surface area contributed by atoms with E-state index in [2.05, 4.69) is 0 Å². The Morgan fingerprint density at radius 3 is 2.79 bits per heavy atom. The Morgan fingerprint density at radius 2 is 2.21 bits per heavy atom. The maximum absolute atomic E-state index is 13.2. The van der Waals surface area contributed by atoms with Crippen LogP contribution in [0.3, 0.4) is 0 Å². The van der Waals surface area contributed by atoms with Gasteiger partial charge >= 0.3 is 5.97 Å². The van der Waals surface area contributed by atoms with Crippen molar-refractivity contribution in [2.24, 2.45) is 0 Å². The number of anilines is 1. The van der Waals surface area contributed by atoms with Crippen molar-refractivity contribution in [3.63, 3.8) is 0 Å². The molecule has 0 radical (unpaired) electrons. The van der Waals surface area contributed by atoms with Gasteiger partial charge in [0.05, 0.1) is 17.3 Å². The Bertz CT molecular complexity index is 457. The van der Waals surface area contributed by atoms with E-state index in [9.17, 15) is 9.18 Å². The first-order chi connectivity index (χ1) is 8.99. The number of nitrogen functional groups attached to an aromatic ring is 1. The number of carbonyl (C=O) groups excluding carboxylic acids is 1. The van der Waals surface area contributed by atoms with Crippen LogP contribution in [0.2, 0.25) is 5.02 Å². The molecule has 0 aliphatic rings. The van der Waals surface area contributed by atoms with Crippen LogP contribution in [0.5, 0.6) is 0 Å². The third-order valence-corrected chi connectivity index (χ3v) is 4.23. The third-order valence-electron chi connectivity index (χ3n) is 2.40. The number of nitrogens with two attached hydrogens (primary N) is 1. The van der Waals surface area contributed by atoms with Gasteiger partial charge in [-0.1, -0.05) is 25.4 Å². The fourth-order valence-electron chi connectivity index (χ4n) is 1.38.